The molecular formula is C17H22N4O4S. The fraction of sp³-hybridized carbons (Fsp3) is 0.529. The molecule has 140 valence electrons. The van der Waals surface area contributed by atoms with Gasteiger partial charge in [-0.05, 0) is 24.8 Å². The van der Waals surface area contributed by atoms with Crippen molar-refractivity contribution in [1.29, 1.82) is 0 Å². The molecular weight excluding hydrogens is 356 g/mol. The molecule has 1 unspecified atom stereocenters. The molecule has 0 bridgehead atoms. The summed E-state index contributed by atoms with van der Waals surface area (Å²) in [6.07, 6.45) is 6.44. The molecule has 0 radical (unpaired) electrons. The van der Waals surface area contributed by atoms with Gasteiger partial charge >= 0.3 is 0 Å². The molecule has 26 heavy (non-hydrogen) atoms. The van der Waals surface area contributed by atoms with Gasteiger partial charge in [-0.1, -0.05) is 6.07 Å². The van der Waals surface area contributed by atoms with Crippen LogP contribution in [0.2, 0.25) is 0 Å². The molecule has 1 spiro atoms. The lowest BCUT2D eigenvalue weighted by molar-refractivity contribution is -0.104. The summed E-state index contributed by atoms with van der Waals surface area (Å²) >= 11 is 0. The van der Waals surface area contributed by atoms with Crippen molar-refractivity contribution >= 4 is 10.0 Å². The number of nitrogens with zero attached hydrogens (tertiary/aromatic N) is 4. The minimum absolute atomic E-state index is 0.0860. The van der Waals surface area contributed by atoms with Crippen molar-refractivity contribution in [3.8, 4) is 5.88 Å². The van der Waals surface area contributed by atoms with Crippen molar-refractivity contribution in [3.05, 3.63) is 36.9 Å². The molecule has 0 saturated carbocycles. The number of hydrogen-bond acceptors (Lipinski definition) is 6. The van der Waals surface area contributed by atoms with Gasteiger partial charge in [0, 0.05) is 45.2 Å². The van der Waals surface area contributed by atoms with Crippen molar-refractivity contribution in [2.24, 2.45) is 13.0 Å². The summed E-state index contributed by atoms with van der Waals surface area (Å²) in [6, 6.07) is 5.55. The lowest BCUT2D eigenvalue weighted by atomic mass is 9.80. The van der Waals surface area contributed by atoms with E-state index in [0.29, 0.717) is 32.2 Å². The van der Waals surface area contributed by atoms with Crippen molar-refractivity contribution in [2.45, 2.75) is 23.5 Å². The smallest absolute Gasteiger partial charge is 0.262 e. The molecule has 1 atom stereocenters. The molecule has 0 aromatic carbocycles. The van der Waals surface area contributed by atoms with E-state index in [2.05, 4.69) is 9.97 Å². The van der Waals surface area contributed by atoms with E-state index in [9.17, 15) is 8.42 Å². The summed E-state index contributed by atoms with van der Waals surface area (Å²) in [4.78, 5) is 8.12. The Hall–Kier alpha value is -1.97. The van der Waals surface area contributed by atoms with Gasteiger partial charge in [0.2, 0.25) is 5.88 Å². The molecule has 2 saturated heterocycles. The van der Waals surface area contributed by atoms with E-state index in [1.165, 1.54) is 16.8 Å². The number of aromatic nitrogens is 3. The van der Waals surface area contributed by atoms with Gasteiger partial charge in [0.1, 0.15) is 0 Å². The summed E-state index contributed by atoms with van der Waals surface area (Å²) in [7, 11) is -1.80. The van der Waals surface area contributed by atoms with Crippen LogP contribution in [-0.2, 0) is 21.8 Å². The molecule has 9 heteroatoms. The number of aryl methyl sites for hydroxylation is 1. The Morgan fingerprint density at radius 2 is 2.19 bits per heavy atom. The second kappa shape index (κ2) is 6.64. The zero-order valence-electron chi connectivity index (χ0n) is 14.6. The van der Waals surface area contributed by atoms with Crippen molar-refractivity contribution in [2.75, 3.05) is 26.3 Å². The summed E-state index contributed by atoms with van der Waals surface area (Å²) in [6.45, 7) is 1.95. The predicted octanol–water partition coefficient (Wildman–Crippen LogP) is 1.06. The maximum atomic E-state index is 12.6. The third-order valence-corrected chi connectivity index (χ3v) is 6.80. The Morgan fingerprint density at radius 3 is 2.88 bits per heavy atom. The number of hydrogen-bond donors (Lipinski definition) is 0. The predicted molar refractivity (Wildman–Crippen MR) is 93.1 cm³/mol. The maximum absolute atomic E-state index is 12.6. The first-order chi connectivity index (χ1) is 12.5. The van der Waals surface area contributed by atoms with E-state index in [4.69, 9.17) is 9.47 Å². The second-order valence-electron chi connectivity index (χ2n) is 6.85. The minimum atomic E-state index is -3.55. The maximum Gasteiger partial charge on any atom is 0.262 e. The first-order valence-corrected chi connectivity index (χ1v) is 10.1. The molecule has 0 N–H and O–H groups in total. The number of ether oxygens (including phenoxy) is 2. The van der Waals surface area contributed by atoms with Crippen LogP contribution < -0.4 is 4.74 Å². The fourth-order valence-corrected chi connectivity index (χ4v) is 5.18. The second-order valence-corrected chi connectivity index (χ2v) is 8.74. The fourth-order valence-electron chi connectivity index (χ4n) is 3.66. The molecule has 2 aliphatic rings. The van der Waals surface area contributed by atoms with E-state index >= 15 is 0 Å². The van der Waals surface area contributed by atoms with Gasteiger partial charge in [0.15, 0.2) is 5.03 Å². The highest BCUT2D eigenvalue weighted by atomic mass is 32.2. The van der Waals surface area contributed by atoms with Crippen LogP contribution in [0.15, 0.2) is 41.9 Å². The Labute approximate surface area is 152 Å². The highest BCUT2D eigenvalue weighted by Gasteiger charge is 2.56. The number of rotatable bonds is 6. The average molecular weight is 378 g/mol. The first-order valence-electron chi connectivity index (χ1n) is 8.65. The van der Waals surface area contributed by atoms with Crippen LogP contribution in [0, 0.1) is 5.92 Å². The van der Waals surface area contributed by atoms with Crippen molar-refractivity contribution < 1.29 is 17.9 Å². The van der Waals surface area contributed by atoms with E-state index in [1.807, 2.05) is 18.2 Å². The Morgan fingerprint density at radius 1 is 1.35 bits per heavy atom. The van der Waals surface area contributed by atoms with Crippen LogP contribution >= 0.6 is 0 Å². The quantitative estimate of drug-likeness (QED) is 0.747. The van der Waals surface area contributed by atoms with Gasteiger partial charge in [0.25, 0.3) is 10.0 Å². The van der Waals surface area contributed by atoms with Crippen molar-refractivity contribution in [3.63, 3.8) is 0 Å². The summed E-state index contributed by atoms with van der Waals surface area (Å²) < 4.78 is 40.0. The monoisotopic (exact) mass is 378 g/mol. The van der Waals surface area contributed by atoms with Crippen LogP contribution in [0.5, 0.6) is 5.88 Å². The number of imidazole rings is 1. The van der Waals surface area contributed by atoms with Gasteiger partial charge in [-0.2, -0.15) is 4.31 Å². The SMILES string of the molecule is Cn1cnc(S(=O)(=O)N2CC3(C2)OCCC3CCOc2ccccn2)c1. The molecule has 2 aliphatic heterocycles. The first kappa shape index (κ1) is 17.4. The normalized spacial score (nSPS) is 22.4. The zero-order valence-corrected chi connectivity index (χ0v) is 15.4. The molecule has 0 amide bonds. The van der Waals surface area contributed by atoms with Crippen molar-refractivity contribution in [1.82, 2.24) is 18.8 Å². The van der Waals surface area contributed by atoms with E-state index in [-0.39, 0.29) is 10.9 Å². The van der Waals surface area contributed by atoms with Crippen LogP contribution in [0.25, 0.3) is 0 Å². The third-order valence-electron chi connectivity index (χ3n) is 5.13. The van der Waals surface area contributed by atoms with E-state index in [1.54, 1.807) is 17.8 Å². The molecule has 2 fully saturated rings. The molecule has 2 aromatic rings. The van der Waals surface area contributed by atoms with E-state index < -0.39 is 15.6 Å². The molecule has 4 heterocycles. The van der Waals surface area contributed by atoms with Crippen LogP contribution in [0.3, 0.4) is 0 Å². The zero-order chi connectivity index (χ0) is 18.2. The minimum Gasteiger partial charge on any atom is -0.478 e. The third kappa shape index (κ3) is 3.10. The topological polar surface area (TPSA) is 86.6 Å². The summed E-state index contributed by atoms with van der Waals surface area (Å²) in [5, 5.41) is 0.0860. The number of pyridine rings is 1. The molecule has 8 nitrogen and oxygen atoms in total. The lowest BCUT2D eigenvalue weighted by Crippen LogP contribution is -2.66. The van der Waals surface area contributed by atoms with Gasteiger partial charge in [-0.25, -0.2) is 18.4 Å². The van der Waals surface area contributed by atoms with Crippen LogP contribution in [0.4, 0.5) is 0 Å². The largest absolute Gasteiger partial charge is 0.478 e. The van der Waals surface area contributed by atoms with Crippen LogP contribution in [-0.4, -0.2) is 59.2 Å². The average Bonchev–Trinajstić information content (AvgIpc) is 3.21. The van der Waals surface area contributed by atoms with Gasteiger partial charge in [-0.15, -0.1) is 0 Å². The molecule has 0 aliphatic carbocycles. The van der Waals surface area contributed by atoms with Gasteiger partial charge in [0.05, 0.1) is 18.5 Å². The Balaban J connectivity index is 1.36. The van der Waals surface area contributed by atoms with E-state index in [0.717, 1.165) is 12.8 Å². The Kier molecular flexibility index (Phi) is 4.45. The summed E-state index contributed by atoms with van der Waals surface area (Å²) in [5.41, 5.74) is -0.394. The molecule has 4 rings (SSSR count). The highest BCUT2D eigenvalue weighted by molar-refractivity contribution is 7.89. The van der Waals surface area contributed by atoms with Crippen LogP contribution in [0.1, 0.15) is 12.8 Å². The van der Waals surface area contributed by atoms with Gasteiger partial charge < -0.3 is 14.0 Å². The number of sulfonamides is 1. The highest BCUT2D eigenvalue weighted by Crippen LogP contribution is 2.43. The summed E-state index contributed by atoms with van der Waals surface area (Å²) in [5.74, 6) is 0.884. The lowest BCUT2D eigenvalue weighted by Gasteiger charge is -2.48. The standard InChI is InChI=1S/C17H22N4O4S/c1-20-10-16(19-13-20)26(22,23)21-11-17(12-21)14(6-9-25-17)5-8-24-15-4-2-3-7-18-15/h2-4,7,10,13-14H,5-6,8-9,11-12H2,1H3. The Bertz CT molecular complexity index is 862. The molecule has 2 aromatic heterocycles. The van der Waals surface area contributed by atoms with Gasteiger partial charge in [-0.3, -0.25) is 0 Å².